The third-order valence-electron chi connectivity index (χ3n) is 2.12. The monoisotopic (exact) mass is 524 g/mol. The van der Waals surface area contributed by atoms with Gasteiger partial charge in [-0.15, -0.1) is 0 Å². The minimum absolute atomic E-state index is 0. The second-order valence-electron chi connectivity index (χ2n) is 3.54. The number of rotatable bonds is 4. The summed E-state index contributed by atoms with van der Waals surface area (Å²) >= 11 is 4.58. The number of pyridine rings is 2. The molecule has 0 bridgehead atoms. The first kappa shape index (κ1) is 19.3. The Labute approximate surface area is 152 Å². The maximum Gasteiger partial charge on any atom is 0.257 e. The Balaban J connectivity index is 0.00000162. The number of hydrogen-bond acceptors (Lipinski definition) is 1. The molecule has 2 heterocycles. The molecule has 104 valence electrons. The van der Waals surface area contributed by atoms with Crippen molar-refractivity contribution < 1.29 is 38.7 Å². The van der Waals surface area contributed by atoms with Crippen molar-refractivity contribution in [3.8, 4) is 0 Å². The summed E-state index contributed by atoms with van der Waals surface area (Å²) in [4.78, 5) is 0. The van der Waals surface area contributed by atoms with E-state index in [9.17, 15) is 0 Å². The molecule has 0 aliphatic carbocycles. The van der Waals surface area contributed by atoms with Gasteiger partial charge in [0.25, 0.3) is 13.5 Å². The van der Waals surface area contributed by atoms with Crippen molar-refractivity contribution in [1.82, 2.24) is 0 Å². The molecule has 3 nitrogen and oxygen atoms in total. The molecule has 0 aromatic carbocycles. The third-order valence-corrected chi connectivity index (χ3v) is 3.40. The lowest BCUT2D eigenvalue weighted by Crippen LogP contribution is -3.00. The van der Waals surface area contributed by atoms with Crippen LogP contribution in [0.3, 0.4) is 0 Å². The summed E-state index contributed by atoms with van der Waals surface area (Å²) in [6, 6.07) is 8.16. The van der Waals surface area contributed by atoms with Gasteiger partial charge in [-0.3, -0.25) is 4.74 Å². The zero-order chi connectivity index (χ0) is 12.1. The Bertz CT molecular complexity index is 469. The van der Waals surface area contributed by atoms with Crippen molar-refractivity contribution in [2.45, 2.75) is 13.5 Å². The normalized spacial score (nSPS) is 9.37. The zero-order valence-electron chi connectivity index (χ0n) is 9.85. The molecule has 0 radical (unpaired) electrons. The maximum absolute atomic E-state index is 5.64. The lowest BCUT2D eigenvalue weighted by Gasteiger charge is -1.98. The Hall–Kier alpha value is 0.300. The quantitative estimate of drug-likeness (QED) is 0.295. The minimum atomic E-state index is 0. The van der Waals surface area contributed by atoms with Gasteiger partial charge in [-0.05, 0) is 57.3 Å². The summed E-state index contributed by atoms with van der Waals surface area (Å²) in [7, 11) is 0. The molecular weight excluding hydrogens is 513 g/mol. The van der Waals surface area contributed by atoms with Crippen molar-refractivity contribution in [3.63, 3.8) is 0 Å². The van der Waals surface area contributed by atoms with Crippen LogP contribution < -0.4 is 33.9 Å². The summed E-state index contributed by atoms with van der Waals surface area (Å²) in [5.41, 5.74) is 0. The molecule has 0 N–H and O–H groups in total. The number of hydrogen-bond donors (Lipinski definition) is 0. The summed E-state index contributed by atoms with van der Waals surface area (Å²) in [6.45, 7) is 1.13. The van der Waals surface area contributed by atoms with Crippen LogP contribution in [0.5, 0.6) is 0 Å². The van der Waals surface area contributed by atoms with Crippen molar-refractivity contribution in [2.75, 3.05) is 0 Å². The Kier molecular flexibility index (Phi) is 10.2. The molecule has 19 heavy (non-hydrogen) atoms. The van der Waals surface area contributed by atoms with Gasteiger partial charge in [-0.2, -0.15) is 9.13 Å². The van der Waals surface area contributed by atoms with Gasteiger partial charge in [-0.1, -0.05) is 0 Å². The summed E-state index contributed by atoms with van der Waals surface area (Å²) < 4.78 is 12.1. The van der Waals surface area contributed by atoms with Gasteiger partial charge in [0.2, 0.25) is 0 Å². The Morgan fingerprint density at radius 3 is 1.63 bits per heavy atom. The van der Waals surface area contributed by atoms with Crippen molar-refractivity contribution >= 4 is 45.2 Å². The highest BCUT2D eigenvalue weighted by atomic mass is 127. The predicted molar refractivity (Wildman–Crippen MR) is 79.8 cm³/mol. The molecule has 0 atom stereocenters. The van der Waals surface area contributed by atoms with E-state index in [2.05, 4.69) is 69.7 Å². The highest BCUT2D eigenvalue weighted by Gasteiger charge is 2.04. The molecular formula is C12H12Cl2I2N2O. The van der Waals surface area contributed by atoms with Crippen LogP contribution in [0.1, 0.15) is 0 Å². The molecule has 0 fully saturated rings. The molecule has 0 saturated heterocycles. The van der Waals surface area contributed by atoms with Gasteiger partial charge < -0.3 is 24.8 Å². The SMILES string of the molecule is Ic1ccc[n+](COC[n+]2cccc(I)c2)c1.[Cl-].[Cl-]. The Morgan fingerprint density at radius 1 is 0.842 bits per heavy atom. The lowest BCUT2D eigenvalue weighted by atomic mass is 10.5. The van der Waals surface area contributed by atoms with Crippen LogP contribution in [-0.4, -0.2) is 0 Å². The molecule has 2 aromatic heterocycles. The molecule has 2 rings (SSSR count). The molecule has 7 heteroatoms. The number of aromatic nitrogens is 2. The number of ether oxygens (including phenoxy) is 1. The first-order chi connectivity index (χ1) is 8.24. The highest BCUT2D eigenvalue weighted by molar-refractivity contribution is 14.1. The van der Waals surface area contributed by atoms with Gasteiger partial charge in [0.15, 0.2) is 24.8 Å². The van der Waals surface area contributed by atoms with E-state index in [-0.39, 0.29) is 24.8 Å². The number of halogens is 4. The van der Waals surface area contributed by atoms with Gasteiger partial charge in [0.05, 0.1) is 7.14 Å². The van der Waals surface area contributed by atoms with E-state index in [1.807, 2.05) is 33.7 Å². The van der Waals surface area contributed by atoms with Gasteiger partial charge in [-0.25, -0.2) is 0 Å². The molecule has 2 aromatic rings. The third kappa shape index (κ3) is 7.03. The summed E-state index contributed by atoms with van der Waals surface area (Å²) in [5, 5.41) is 0. The standard InChI is InChI=1S/C12H12I2N2O.2ClH/c13-11-3-1-5-15(7-11)9-17-10-16-6-2-4-12(14)8-16;;/h1-8H,9-10H2;2*1H/q+2;;/p-2. The molecule has 0 amide bonds. The van der Waals surface area contributed by atoms with Crippen LogP contribution in [0.4, 0.5) is 0 Å². The topological polar surface area (TPSA) is 17.0 Å². The van der Waals surface area contributed by atoms with E-state index in [1.165, 1.54) is 7.14 Å². The second kappa shape index (κ2) is 10.1. The molecule has 0 aliphatic rings. The predicted octanol–water partition coefficient (Wildman–Crippen LogP) is -3.89. The average Bonchev–Trinajstić information content (AvgIpc) is 2.29. The molecule has 0 saturated carbocycles. The van der Waals surface area contributed by atoms with Crippen LogP contribution in [-0.2, 0) is 18.2 Å². The fourth-order valence-corrected chi connectivity index (χ4v) is 2.52. The highest BCUT2D eigenvalue weighted by Crippen LogP contribution is 1.98. The summed E-state index contributed by atoms with van der Waals surface area (Å²) in [6.07, 6.45) is 8.11. The zero-order valence-corrected chi connectivity index (χ0v) is 15.7. The van der Waals surface area contributed by atoms with Crippen LogP contribution in [0.25, 0.3) is 0 Å². The Morgan fingerprint density at radius 2 is 1.26 bits per heavy atom. The second-order valence-corrected chi connectivity index (χ2v) is 6.03. The van der Waals surface area contributed by atoms with Crippen molar-refractivity contribution in [1.29, 1.82) is 0 Å². The maximum atomic E-state index is 5.64. The van der Waals surface area contributed by atoms with Gasteiger partial charge in [0.1, 0.15) is 0 Å². The van der Waals surface area contributed by atoms with Crippen molar-refractivity contribution in [2.24, 2.45) is 0 Å². The van der Waals surface area contributed by atoms with E-state index < -0.39 is 0 Å². The van der Waals surface area contributed by atoms with Crippen molar-refractivity contribution in [3.05, 3.63) is 56.2 Å². The molecule has 0 aliphatic heterocycles. The van der Waals surface area contributed by atoms with Gasteiger partial charge >= 0.3 is 0 Å². The van der Waals surface area contributed by atoms with E-state index in [1.54, 1.807) is 0 Å². The van der Waals surface area contributed by atoms with Gasteiger partial charge in [0, 0.05) is 12.1 Å². The van der Waals surface area contributed by atoms with Crippen LogP contribution in [0.15, 0.2) is 49.1 Å². The first-order valence-electron chi connectivity index (χ1n) is 5.11. The molecule has 0 spiro atoms. The van der Waals surface area contributed by atoms with E-state index in [4.69, 9.17) is 4.74 Å². The fourth-order valence-electron chi connectivity index (χ4n) is 1.39. The number of nitrogens with zero attached hydrogens (tertiary/aromatic N) is 2. The minimum Gasteiger partial charge on any atom is -1.00 e. The van der Waals surface area contributed by atoms with E-state index in [0.717, 1.165) is 0 Å². The fraction of sp³-hybridized carbons (Fsp3) is 0.167. The lowest BCUT2D eigenvalue weighted by molar-refractivity contribution is -0.789. The molecule has 0 unspecified atom stereocenters. The van der Waals surface area contributed by atoms with Crippen LogP contribution >= 0.6 is 45.2 Å². The smallest absolute Gasteiger partial charge is 0.257 e. The first-order valence-corrected chi connectivity index (χ1v) is 7.27. The van der Waals surface area contributed by atoms with Crippen LogP contribution in [0.2, 0.25) is 0 Å². The average molecular weight is 525 g/mol. The largest absolute Gasteiger partial charge is 1.00 e. The summed E-state index contributed by atoms with van der Waals surface area (Å²) in [5.74, 6) is 0. The van der Waals surface area contributed by atoms with E-state index >= 15 is 0 Å². The van der Waals surface area contributed by atoms with E-state index in [0.29, 0.717) is 13.5 Å². The van der Waals surface area contributed by atoms with Crippen LogP contribution in [0, 0.1) is 7.14 Å².